The number of carbonyl (C=O) groups excluding carboxylic acids is 3. The highest BCUT2D eigenvalue weighted by Gasteiger charge is 2.56. The molecule has 2 aliphatic rings. The summed E-state index contributed by atoms with van der Waals surface area (Å²) < 4.78 is 2.20. The normalized spacial score (nSPS) is 20.0. The first kappa shape index (κ1) is 25.6. The van der Waals surface area contributed by atoms with E-state index in [1.807, 2.05) is 6.07 Å². The first-order valence-corrected chi connectivity index (χ1v) is 14.5. The van der Waals surface area contributed by atoms with Gasteiger partial charge in [0.2, 0.25) is 17.7 Å². The Kier molecular flexibility index (Phi) is 6.66. The van der Waals surface area contributed by atoms with Gasteiger partial charge in [0.1, 0.15) is 17.5 Å². The fraction of sp³-hybridized carbons (Fsp3) is 0.143. The lowest BCUT2D eigenvalue weighted by molar-refractivity contribution is -0.122. The molecule has 1 aromatic heterocycles. The number of nitrogens with zero attached hydrogens (tertiary/aromatic N) is 2. The van der Waals surface area contributed by atoms with E-state index in [2.05, 4.69) is 21.2 Å². The molecule has 3 heterocycles. The Bertz CT molecular complexity index is 1650. The summed E-state index contributed by atoms with van der Waals surface area (Å²) >= 11 is 5.52. The molecule has 2 N–H and O–H groups in total. The molecule has 0 aliphatic carbocycles. The molecule has 0 spiro atoms. The van der Waals surface area contributed by atoms with Crippen LogP contribution in [0.15, 0.2) is 93.2 Å². The smallest absolute Gasteiger partial charge is 0.308 e. The van der Waals surface area contributed by atoms with Gasteiger partial charge in [-0.1, -0.05) is 69.4 Å². The van der Waals surface area contributed by atoms with Crippen LogP contribution in [0.5, 0.6) is 5.75 Å². The average molecular weight is 623 g/mol. The summed E-state index contributed by atoms with van der Waals surface area (Å²) in [5.41, 5.74) is 1.77. The van der Waals surface area contributed by atoms with Crippen molar-refractivity contribution in [3.05, 3.63) is 103 Å². The third-order valence-corrected chi connectivity index (χ3v) is 9.88. The molecule has 6 rings (SSSR count). The minimum absolute atomic E-state index is 0.0642. The van der Waals surface area contributed by atoms with Gasteiger partial charge in [-0.25, -0.2) is 4.90 Å². The molecule has 8 nitrogen and oxygen atoms in total. The molecule has 0 saturated carbocycles. The number of rotatable bonds is 5. The van der Waals surface area contributed by atoms with Gasteiger partial charge in [0.05, 0.1) is 16.6 Å². The monoisotopic (exact) mass is 621 g/mol. The summed E-state index contributed by atoms with van der Waals surface area (Å²) in [7, 11) is 0. The summed E-state index contributed by atoms with van der Waals surface area (Å²) in [4.78, 5) is 55.1. The van der Waals surface area contributed by atoms with Crippen molar-refractivity contribution in [1.29, 1.82) is 0 Å². The van der Waals surface area contributed by atoms with Crippen molar-refractivity contribution in [3.63, 3.8) is 0 Å². The van der Waals surface area contributed by atoms with Gasteiger partial charge in [-0.05, 0) is 54.1 Å². The molecule has 0 unspecified atom stereocenters. The van der Waals surface area contributed by atoms with Crippen LogP contribution in [-0.4, -0.2) is 32.6 Å². The molecule has 2 aliphatic heterocycles. The zero-order chi connectivity index (χ0) is 27.3. The van der Waals surface area contributed by atoms with Gasteiger partial charge in [0.25, 0.3) is 0 Å². The van der Waals surface area contributed by atoms with Crippen LogP contribution in [-0.2, 0) is 20.9 Å². The van der Waals surface area contributed by atoms with Crippen molar-refractivity contribution in [2.45, 2.75) is 22.7 Å². The quantitative estimate of drug-likeness (QED) is 0.310. The maximum absolute atomic E-state index is 13.9. The topological polar surface area (TPSA) is 109 Å². The van der Waals surface area contributed by atoms with Gasteiger partial charge in [-0.3, -0.25) is 23.7 Å². The number of hydrogen-bond donors (Lipinski definition) is 2. The lowest BCUT2D eigenvalue weighted by atomic mass is 9.83. The summed E-state index contributed by atoms with van der Waals surface area (Å²) in [6.45, 7) is -0.231. The standard InChI is InChI=1S/C28H20BrN3O5S2/c29-16-8-10-18(11-9-16)32-25(35)22-21(15-6-12-19(33)13-7-15)24-27(38-23(22)26(32)36)31(28(37)39-24)14-20(34)30-17-4-2-1-3-5-17/h1-13,21-23,33H,14H2,(H,30,34)/t21-,22+,23-/m0/s1. The van der Waals surface area contributed by atoms with Crippen LogP contribution >= 0.6 is 39.0 Å². The Labute approximate surface area is 239 Å². The number of imide groups is 1. The number of carbonyl (C=O) groups is 3. The van der Waals surface area contributed by atoms with E-state index in [1.165, 1.54) is 21.6 Å². The van der Waals surface area contributed by atoms with Crippen molar-refractivity contribution in [1.82, 2.24) is 4.57 Å². The number of aromatic hydroxyl groups is 1. The number of nitrogens with one attached hydrogen (secondary N) is 1. The zero-order valence-corrected chi connectivity index (χ0v) is 23.3. The number of para-hydroxylation sites is 1. The number of thioether (sulfide) groups is 1. The Morgan fingerprint density at radius 1 is 0.923 bits per heavy atom. The van der Waals surface area contributed by atoms with E-state index in [1.54, 1.807) is 60.7 Å². The first-order chi connectivity index (χ1) is 18.8. The van der Waals surface area contributed by atoms with E-state index in [9.17, 15) is 24.3 Å². The molecular weight excluding hydrogens is 602 g/mol. The van der Waals surface area contributed by atoms with E-state index in [0.717, 1.165) is 27.6 Å². The molecule has 1 saturated heterocycles. The lowest BCUT2D eigenvalue weighted by Crippen LogP contribution is -2.33. The molecule has 0 bridgehead atoms. The highest BCUT2D eigenvalue weighted by molar-refractivity contribution is 9.10. The largest absolute Gasteiger partial charge is 0.508 e. The van der Waals surface area contributed by atoms with Gasteiger partial charge >= 0.3 is 4.87 Å². The van der Waals surface area contributed by atoms with Gasteiger partial charge < -0.3 is 10.4 Å². The van der Waals surface area contributed by atoms with Crippen LogP contribution in [0.2, 0.25) is 0 Å². The van der Waals surface area contributed by atoms with Gasteiger partial charge in [0.15, 0.2) is 0 Å². The second kappa shape index (κ2) is 10.1. The van der Waals surface area contributed by atoms with E-state index in [0.29, 0.717) is 26.8 Å². The molecule has 3 aromatic carbocycles. The SMILES string of the molecule is O=C(Cn1c2c(sc1=O)[C@@H](c1ccc(O)cc1)[C@H]1C(=O)N(c3ccc(Br)cc3)C(=O)[C@H]1S2)Nc1ccccc1. The molecular formula is C28H20BrN3O5S2. The average Bonchev–Trinajstić information content (AvgIpc) is 3.36. The maximum atomic E-state index is 13.9. The first-order valence-electron chi connectivity index (χ1n) is 12.0. The van der Waals surface area contributed by atoms with Crippen molar-refractivity contribution >= 4 is 68.1 Å². The number of phenols is 1. The number of amides is 3. The van der Waals surface area contributed by atoms with E-state index in [4.69, 9.17) is 0 Å². The van der Waals surface area contributed by atoms with Crippen LogP contribution in [0.25, 0.3) is 0 Å². The van der Waals surface area contributed by atoms with Crippen LogP contribution in [0, 0.1) is 5.92 Å². The van der Waals surface area contributed by atoms with Crippen LogP contribution in [0.3, 0.4) is 0 Å². The van der Waals surface area contributed by atoms with Gasteiger partial charge in [-0.2, -0.15) is 0 Å². The maximum Gasteiger partial charge on any atom is 0.308 e. The van der Waals surface area contributed by atoms with Gasteiger partial charge in [0, 0.05) is 21.0 Å². The number of benzene rings is 3. The summed E-state index contributed by atoms with van der Waals surface area (Å²) in [6, 6.07) is 22.3. The number of phenolic OH excluding ortho intramolecular Hbond substituents is 1. The van der Waals surface area contributed by atoms with E-state index >= 15 is 0 Å². The van der Waals surface area contributed by atoms with Crippen LogP contribution < -0.4 is 15.1 Å². The number of hydrogen-bond acceptors (Lipinski definition) is 7. The number of halogens is 1. The Hall–Kier alpha value is -3.67. The van der Waals surface area contributed by atoms with Crippen LogP contribution in [0.1, 0.15) is 16.4 Å². The number of aromatic nitrogens is 1. The molecule has 11 heteroatoms. The fourth-order valence-electron chi connectivity index (χ4n) is 5.01. The van der Waals surface area contributed by atoms with Crippen molar-refractivity contribution in [3.8, 4) is 5.75 Å². The highest BCUT2D eigenvalue weighted by atomic mass is 79.9. The van der Waals surface area contributed by atoms with Crippen LogP contribution in [0.4, 0.5) is 11.4 Å². The van der Waals surface area contributed by atoms with E-state index < -0.39 is 17.1 Å². The second-order valence-electron chi connectivity index (χ2n) is 9.16. The van der Waals surface area contributed by atoms with Crippen molar-refractivity contribution in [2.24, 2.45) is 5.92 Å². The van der Waals surface area contributed by atoms with E-state index in [-0.39, 0.29) is 34.9 Å². The summed E-state index contributed by atoms with van der Waals surface area (Å²) in [5, 5.41) is 12.4. The molecule has 1 fully saturated rings. The highest BCUT2D eigenvalue weighted by Crippen LogP contribution is 2.54. The minimum atomic E-state index is -0.787. The Morgan fingerprint density at radius 3 is 2.31 bits per heavy atom. The third kappa shape index (κ3) is 4.60. The third-order valence-electron chi connectivity index (χ3n) is 6.75. The Morgan fingerprint density at radius 2 is 1.62 bits per heavy atom. The lowest BCUT2D eigenvalue weighted by Gasteiger charge is -2.30. The summed E-state index contributed by atoms with van der Waals surface area (Å²) in [6.07, 6.45) is 0. The molecule has 3 atom stereocenters. The predicted octanol–water partition coefficient (Wildman–Crippen LogP) is 4.81. The second-order valence-corrected chi connectivity index (χ2v) is 12.2. The predicted molar refractivity (Wildman–Crippen MR) is 153 cm³/mol. The molecule has 4 aromatic rings. The molecule has 3 amide bonds. The van der Waals surface area contributed by atoms with Crippen molar-refractivity contribution in [2.75, 3.05) is 10.2 Å². The number of fused-ring (bicyclic) bond motifs is 2. The Balaban J connectivity index is 1.42. The van der Waals surface area contributed by atoms with Crippen molar-refractivity contribution < 1.29 is 19.5 Å². The molecule has 196 valence electrons. The fourth-order valence-corrected chi connectivity index (χ4v) is 8.04. The zero-order valence-electron chi connectivity index (χ0n) is 20.1. The minimum Gasteiger partial charge on any atom is -0.508 e. The van der Waals surface area contributed by atoms with Gasteiger partial charge in [-0.15, -0.1) is 0 Å². The summed E-state index contributed by atoms with van der Waals surface area (Å²) in [5.74, 6) is -2.39. The molecule has 0 radical (unpaired) electrons. The molecule has 39 heavy (non-hydrogen) atoms. The number of thiazole rings is 1. The number of anilines is 2.